The van der Waals surface area contributed by atoms with E-state index in [4.69, 9.17) is 21.8 Å². The zero-order chi connectivity index (χ0) is 13.4. The van der Waals surface area contributed by atoms with E-state index in [9.17, 15) is 4.79 Å². The minimum absolute atomic E-state index is 0.0990. The maximum absolute atomic E-state index is 11.8. The molecule has 0 fully saturated rings. The fraction of sp³-hybridized carbons (Fsp3) is 0.417. The van der Waals surface area contributed by atoms with Crippen LogP contribution in [-0.4, -0.2) is 53.1 Å². The van der Waals surface area contributed by atoms with Crippen molar-refractivity contribution in [3.8, 4) is 0 Å². The molecule has 18 heavy (non-hydrogen) atoms. The first-order valence-corrected chi connectivity index (χ1v) is 6.91. The third kappa shape index (κ3) is 5.27. The van der Waals surface area contributed by atoms with Gasteiger partial charge in [-0.2, -0.15) is 0 Å². The molecule has 100 valence electrons. The highest BCUT2D eigenvalue weighted by Gasteiger charge is 2.12. The maximum Gasteiger partial charge on any atom is 0.233 e. The van der Waals surface area contributed by atoms with Gasteiger partial charge in [-0.25, -0.2) is 0 Å². The van der Waals surface area contributed by atoms with Gasteiger partial charge in [0.2, 0.25) is 5.91 Å². The third-order valence-corrected chi connectivity index (χ3v) is 3.52. The number of carbonyl (C=O) groups excluding carboxylic acids is 1. The summed E-state index contributed by atoms with van der Waals surface area (Å²) in [7, 11) is 0. The lowest BCUT2D eigenvalue weighted by Gasteiger charge is -2.20. The number of amides is 1. The van der Waals surface area contributed by atoms with E-state index in [0.29, 0.717) is 5.02 Å². The summed E-state index contributed by atoms with van der Waals surface area (Å²) in [6.07, 6.45) is 0. The van der Waals surface area contributed by atoms with E-state index in [1.54, 1.807) is 12.1 Å². The van der Waals surface area contributed by atoms with Crippen molar-refractivity contribution in [3.05, 3.63) is 29.3 Å². The molecule has 1 aromatic rings. The quantitative estimate of drug-likeness (QED) is 0.742. The van der Waals surface area contributed by atoms with Crippen LogP contribution < -0.4 is 0 Å². The minimum atomic E-state index is -0.0998. The van der Waals surface area contributed by atoms with Crippen LogP contribution in [0.4, 0.5) is 0 Å². The molecule has 0 radical (unpaired) electrons. The van der Waals surface area contributed by atoms with Gasteiger partial charge in [0.25, 0.3) is 0 Å². The molecule has 0 aliphatic heterocycles. The van der Waals surface area contributed by atoms with Crippen molar-refractivity contribution in [1.82, 2.24) is 4.90 Å². The van der Waals surface area contributed by atoms with Crippen LogP contribution in [0.25, 0.3) is 0 Å². The van der Waals surface area contributed by atoms with E-state index < -0.39 is 0 Å². The molecular formula is C12H16ClNO3S. The van der Waals surface area contributed by atoms with Gasteiger partial charge in [0, 0.05) is 23.0 Å². The smallest absolute Gasteiger partial charge is 0.233 e. The van der Waals surface area contributed by atoms with Crippen molar-refractivity contribution in [1.29, 1.82) is 0 Å². The first-order chi connectivity index (χ1) is 8.67. The average molecular weight is 290 g/mol. The second-order valence-corrected chi connectivity index (χ2v) is 5.06. The normalized spacial score (nSPS) is 10.4. The molecule has 6 heteroatoms. The van der Waals surface area contributed by atoms with E-state index in [2.05, 4.69) is 0 Å². The van der Waals surface area contributed by atoms with Gasteiger partial charge >= 0.3 is 0 Å². The van der Waals surface area contributed by atoms with E-state index in [0.717, 1.165) is 4.90 Å². The summed E-state index contributed by atoms with van der Waals surface area (Å²) in [5, 5.41) is 18.3. The first-order valence-electron chi connectivity index (χ1n) is 5.55. The summed E-state index contributed by atoms with van der Waals surface area (Å²) < 4.78 is 0. The largest absolute Gasteiger partial charge is 0.395 e. The molecule has 0 aliphatic rings. The number of hydrogen-bond acceptors (Lipinski definition) is 4. The molecule has 0 saturated heterocycles. The highest BCUT2D eigenvalue weighted by molar-refractivity contribution is 8.00. The van der Waals surface area contributed by atoms with Crippen LogP contribution >= 0.6 is 23.4 Å². The number of hydrogen-bond donors (Lipinski definition) is 2. The number of halogens is 1. The van der Waals surface area contributed by atoms with Crippen LogP contribution in [0.5, 0.6) is 0 Å². The number of thioether (sulfide) groups is 1. The van der Waals surface area contributed by atoms with E-state index >= 15 is 0 Å². The fourth-order valence-electron chi connectivity index (χ4n) is 1.37. The molecule has 0 heterocycles. The molecule has 0 aromatic heterocycles. The van der Waals surface area contributed by atoms with Gasteiger partial charge in [-0.05, 0) is 24.3 Å². The Morgan fingerprint density at radius 1 is 1.17 bits per heavy atom. The molecular weight excluding hydrogens is 274 g/mol. The van der Waals surface area contributed by atoms with Crippen molar-refractivity contribution in [2.45, 2.75) is 4.90 Å². The molecule has 4 nitrogen and oxygen atoms in total. The standard InChI is InChI=1S/C12H16ClNO3S/c13-10-1-3-11(4-2-10)18-9-12(17)14(5-7-15)6-8-16/h1-4,15-16H,5-9H2. The van der Waals surface area contributed by atoms with Crippen molar-refractivity contribution in [2.24, 2.45) is 0 Å². The second kappa shape index (κ2) is 8.37. The third-order valence-electron chi connectivity index (χ3n) is 2.27. The monoisotopic (exact) mass is 289 g/mol. The van der Waals surface area contributed by atoms with Crippen molar-refractivity contribution < 1.29 is 15.0 Å². The summed E-state index contributed by atoms with van der Waals surface area (Å²) in [5.74, 6) is 0.180. The Labute approximate surface area is 116 Å². The van der Waals surface area contributed by atoms with Crippen LogP contribution in [0.1, 0.15) is 0 Å². The van der Waals surface area contributed by atoms with Crippen molar-refractivity contribution >= 4 is 29.3 Å². The molecule has 0 atom stereocenters. The Hall–Kier alpha value is -0.750. The molecule has 1 amide bonds. The number of aliphatic hydroxyl groups is 2. The van der Waals surface area contributed by atoms with Crippen LogP contribution in [0.2, 0.25) is 5.02 Å². The van der Waals surface area contributed by atoms with Gasteiger partial charge in [0.15, 0.2) is 0 Å². The van der Waals surface area contributed by atoms with E-state index in [1.165, 1.54) is 16.7 Å². The van der Waals surface area contributed by atoms with Gasteiger partial charge in [-0.1, -0.05) is 11.6 Å². The summed E-state index contributed by atoms with van der Waals surface area (Å²) in [6.45, 7) is 0.301. The summed E-state index contributed by atoms with van der Waals surface area (Å²) in [6, 6.07) is 7.24. The number of rotatable bonds is 7. The van der Waals surface area contributed by atoms with Crippen LogP contribution in [0.3, 0.4) is 0 Å². The molecule has 0 bridgehead atoms. The molecule has 0 unspecified atom stereocenters. The van der Waals surface area contributed by atoms with Gasteiger partial charge < -0.3 is 15.1 Å². The van der Waals surface area contributed by atoms with Crippen molar-refractivity contribution in [2.75, 3.05) is 32.1 Å². The number of carbonyl (C=O) groups is 1. The predicted molar refractivity (Wildman–Crippen MR) is 72.9 cm³/mol. The van der Waals surface area contributed by atoms with Crippen LogP contribution in [-0.2, 0) is 4.79 Å². The Bertz CT molecular complexity index is 366. The Morgan fingerprint density at radius 3 is 2.22 bits per heavy atom. The molecule has 0 aliphatic carbocycles. The summed E-state index contributed by atoms with van der Waals surface area (Å²) >= 11 is 7.17. The Morgan fingerprint density at radius 2 is 1.72 bits per heavy atom. The first kappa shape index (κ1) is 15.3. The van der Waals surface area contributed by atoms with E-state index in [1.807, 2.05) is 12.1 Å². The summed E-state index contributed by atoms with van der Waals surface area (Å²) in [5.41, 5.74) is 0. The van der Waals surface area contributed by atoms with Crippen molar-refractivity contribution in [3.63, 3.8) is 0 Å². The average Bonchev–Trinajstić information content (AvgIpc) is 2.37. The highest BCUT2D eigenvalue weighted by Crippen LogP contribution is 2.20. The lowest BCUT2D eigenvalue weighted by atomic mass is 10.4. The number of benzene rings is 1. The SMILES string of the molecule is O=C(CSc1ccc(Cl)cc1)N(CCO)CCO. The number of nitrogens with zero attached hydrogens (tertiary/aromatic N) is 1. The molecule has 2 N–H and O–H groups in total. The number of aliphatic hydroxyl groups excluding tert-OH is 2. The van der Waals surface area contributed by atoms with E-state index in [-0.39, 0.29) is 38.0 Å². The molecule has 0 saturated carbocycles. The van der Waals surface area contributed by atoms with Crippen LogP contribution in [0, 0.1) is 0 Å². The fourth-order valence-corrected chi connectivity index (χ4v) is 2.30. The lowest BCUT2D eigenvalue weighted by molar-refractivity contribution is -0.129. The Balaban J connectivity index is 2.45. The summed E-state index contributed by atoms with van der Waals surface area (Å²) in [4.78, 5) is 14.2. The molecule has 1 aromatic carbocycles. The topological polar surface area (TPSA) is 60.8 Å². The van der Waals surface area contributed by atoms with Gasteiger partial charge in [0.1, 0.15) is 0 Å². The second-order valence-electron chi connectivity index (χ2n) is 3.57. The maximum atomic E-state index is 11.8. The Kier molecular flexibility index (Phi) is 7.12. The lowest BCUT2D eigenvalue weighted by Crippen LogP contribution is -2.37. The molecule has 0 spiro atoms. The molecule has 1 rings (SSSR count). The van der Waals surface area contributed by atoms with Gasteiger partial charge in [-0.3, -0.25) is 4.79 Å². The highest BCUT2D eigenvalue weighted by atomic mass is 35.5. The predicted octanol–water partition coefficient (Wildman–Crippen LogP) is 1.25. The van der Waals surface area contributed by atoms with Gasteiger partial charge in [-0.15, -0.1) is 11.8 Å². The van der Waals surface area contributed by atoms with Gasteiger partial charge in [0.05, 0.1) is 19.0 Å². The minimum Gasteiger partial charge on any atom is -0.395 e. The van der Waals surface area contributed by atoms with Crippen LogP contribution in [0.15, 0.2) is 29.2 Å². The zero-order valence-corrected chi connectivity index (χ0v) is 11.5. The zero-order valence-electron chi connectivity index (χ0n) is 9.88.